The van der Waals surface area contributed by atoms with Crippen molar-refractivity contribution in [2.24, 2.45) is 0 Å². The van der Waals surface area contributed by atoms with E-state index in [1.54, 1.807) is 6.08 Å². The molecule has 2 aromatic heterocycles. The normalized spacial score (nSPS) is 14.9. The summed E-state index contributed by atoms with van der Waals surface area (Å²) in [5.41, 5.74) is 3.07. The van der Waals surface area contributed by atoms with E-state index in [-0.39, 0.29) is 12.0 Å². The number of aliphatic hydroxyl groups is 1. The second-order valence-electron chi connectivity index (χ2n) is 10.5. The molecule has 0 bridgehead atoms. The third-order valence-corrected chi connectivity index (χ3v) is 7.97. The Morgan fingerprint density at radius 2 is 1.81 bits per heavy atom. The Labute approximate surface area is 258 Å². The van der Waals surface area contributed by atoms with Crippen LogP contribution in [0.3, 0.4) is 0 Å². The molecule has 2 aromatic carbocycles. The van der Waals surface area contributed by atoms with Crippen LogP contribution in [0.1, 0.15) is 64.2 Å². The van der Waals surface area contributed by atoms with Gasteiger partial charge < -0.3 is 30.2 Å². The summed E-state index contributed by atoms with van der Waals surface area (Å²) in [6.07, 6.45) is 8.72. The summed E-state index contributed by atoms with van der Waals surface area (Å²) in [5, 5.41) is 18.7. The molecule has 0 saturated heterocycles. The van der Waals surface area contributed by atoms with Crippen LogP contribution in [0, 0.1) is 11.6 Å². The lowest BCUT2D eigenvalue weighted by Crippen LogP contribution is -2.16. The molecule has 5 rings (SSSR count). The maximum atomic E-state index is 14.1. The first-order valence-corrected chi connectivity index (χ1v) is 15.3. The molecule has 4 aromatic rings. The zero-order valence-electron chi connectivity index (χ0n) is 24.1. The second kappa shape index (κ2) is 13.6. The van der Waals surface area contributed by atoms with Crippen molar-refractivity contribution in [3.63, 3.8) is 0 Å². The molecule has 0 fully saturated rings. The van der Waals surface area contributed by atoms with E-state index in [4.69, 9.17) is 9.47 Å². The fourth-order valence-electron chi connectivity index (χ4n) is 5.12. The van der Waals surface area contributed by atoms with Gasteiger partial charge in [-0.05, 0) is 65.5 Å². The average Bonchev–Trinajstić information content (AvgIpc) is 3.59. The number of aliphatic hydroxyl groups excluding tert-OH is 1. The number of halogens is 3. The van der Waals surface area contributed by atoms with E-state index in [0.29, 0.717) is 28.5 Å². The minimum Gasteiger partial charge on any atom is -0.489 e. The van der Waals surface area contributed by atoms with Gasteiger partial charge in [-0.2, -0.15) is 0 Å². The maximum Gasteiger partial charge on any atom is 0.221 e. The maximum absolute atomic E-state index is 14.1. The van der Waals surface area contributed by atoms with Gasteiger partial charge in [0.15, 0.2) is 11.6 Å². The third kappa shape index (κ3) is 6.86. The molecule has 0 saturated carbocycles. The Morgan fingerprint density at radius 1 is 1.05 bits per heavy atom. The highest BCUT2D eigenvalue weighted by Gasteiger charge is 2.25. The number of nitrogens with one attached hydrogen (secondary N) is 3. The lowest BCUT2D eigenvalue weighted by Gasteiger charge is -2.19. The highest BCUT2D eigenvalue weighted by atomic mass is 79.9. The molecule has 1 aliphatic heterocycles. The molecular weight excluding hydrogens is 618 g/mol. The van der Waals surface area contributed by atoms with Gasteiger partial charge in [-0.1, -0.05) is 51.8 Å². The number of hydrogen-bond acceptors (Lipinski definition) is 6. The average molecular weight is 654 g/mol. The van der Waals surface area contributed by atoms with Gasteiger partial charge in [-0.3, -0.25) is 0 Å². The summed E-state index contributed by atoms with van der Waals surface area (Å²) < 4.78 is 40.8. The van der Waals surface area contributed by atoms with Crippen molar-refractivity contribution in [3.8, 4) is 17.4 Å². The Balaban J connectivity index is 1.35. The topological polar surface area (TPSA) is 91.4 Å². The number of benzene rings is 2. The SMILES string of the molecule is C=C/C(=C1\Nc2cnc(Oc3c(F)cccc3F)cc2N1)C(O)c1cc2cc(OC(CCC)CCCCC)c(Br)cc2[nH]1. The first-order valence-electron chi connectivity index (χ1n) is 14.5. The van der Waals surface area contributed by atoms with Gasteiger partial charge in [0.1, 0.15) is 17.7 Å². The number of nitrogens with zero attached hydrogens (tertiary/aromatic N) is 1. The summed E-state index contributed by atoms with van der Waals surface area (Å²) in [4.78, 5) is 7.47. The summed E-state index contributed by atoms with van der Waals surface area (Å²) in [5.74, 6) is -0.919. The standard InChI is InChI=1S/C33H35BrF2N4O3/c1-4-7-8-11-20(10-5-2)42-29-15-19-14-27(38-25(19)16-22(29)34)31(41)21(6-3)33-39-26-17-30(37-18-28(26)40-33)43-32-23(35)12-9-13-24(32)36/h6,9,12-18,20,31,38-41H,3-5,7-8,10-11H2,1-2H3/b33-21+. The molecule has 4 N–H and O–H groups in total. The largest absolute Gasteiger partial charge is 0.489 e. The minimum absolute atomic E-state index is 0.00441. The van der Waals surface area contributed by atoms with Crippen LogP contribution < -0.4 is 20.1 Å². The molecule has 2 unspecified atom stereocenters. The molecule has 3 heterocycles. The lowest BCUT2D eigenvalue weighted by atomic mass is 10.1. The summed E-state index contributed by atoms with van der Waals surface area (Å²) in [6.45, 7) is 8.28. The Bertz CT molecular complexity index is 1630. The first kappa shape index (κ1) is 30.6. The van der Waals surface area contributed by atoms with Crippen molar-refractivity contribution in [2.75, 3.05) is 10.6 Å². The molecule has 43 heavy (non-hydrogen) atoms. The van der Waals surface area contributed by atoms with Crippen molar-refractivity contribution >= 4 is 38.2 Å². The number of para-hydroxylation sites is 1. The number of H-pyrrole nitrogens is 1. The van der Waals surface area contributed by atoms with Crippen molar-refractivity contribution in [1.82, 2.24) is 9.97 Å². The molecule has 1 aliphatic rings. The highest BCUT2D eigenvalue weighted by Crippen LogP contribution is 2.39. The Hall–Kier alpha value is -3.89. The second-order valence-corrected chi connectivity index (χ2v) is 11.4. The molecule has 7 nitrogen and oxygen atoms in total. The van der Waals surface area contributed by atoms with Crippen molar-refractivity contribution in [2.45, 2.75) is 64.6 Å². The molecule has 226 valence electrons. The summed E-state index contributed by atoms with van der Waals surface area (Å²) in [7, 11) is 0. The number of unbranched alkanes of at least 4 members (excludes halogenated alkanes) is 2. The zero-order chi connectivity index (χ0) is 30.5. The molecule has 0 amide bonds. The zero-order valence-corrected chi connectivity index (χ0v) is 25.7. The fraction of sp³-hybridized carbons (Fsp3) is 0.303. The van der Waals surface area contributed by atoms with Crippen molar-refractivity contribution in [3.05, 3.63) is 94.5 Å². The number of fused-ring (bicyclic) bond motifs is 2. The Kier molecular flexibility index (Phi) is 9.67. The number of aromatic amines is 1. The molecule has 0 spiro atoms. The van der Waals surface area contributed by atoms with Crippen molar-refractivity contribution < 1.29 is 23.4 Å². The number of anilines is 2. The Morgan fingerprint density at radius 3 is 2.53 bits per heavy atom. The van der Waals surface area contributed by atoms with Gasteiger partial charge >= 0.3 is 0 Å². The van der Waals surface area contributed by atoms with Crippen LogP contribution in [0.4, 0.5) is 20.2 Å². The van der Waals surface area contributed by atoms with E-state index in [1.165, 1.54) is 31.2 Å². The third-order valence-electron chi connectivity index (χ3n) is 7.35. The van der Waals surface area contributed by atoms with Crippen LogP contribution in [-0.2, 0) is 0 Å². The summed E-state index contributed by atoms with van der Waals surface area (Å²) >= 11 is 3.66. The van der Waals surface area contributed by atoms with E-state index < -0.39 is 23.5 Å². The van der Waals surface area contributed by atoms with E-state index in [9.17, 15) is 13.9 Å². The van der Waals surface area contributed by atoms with Crippen LogP contribution in [-0.4, -0.2) is 21.2 Å². The molecule has 2 atom stereocenters. The molecule has 0 radical (unpaired) electrons. The van der Waals surface area contributed by atoms with Crippen LogP contribution in [0.25, 0.3) is 10.9 Å². The van der Waals surface area contributed by atoms with Crippen LogP contribution in [0.15, 0.2) is 77.2 Å². The van der Waals surface area contributed by atoms with Gasteiger partial charge in [0.2, 0.25) is 11.6 Å². The van der Waals surface area contributed by atoms with Gasteiger partial charge in [0.25, 0.3) is 0 Å². The fourth-order valence-corrected chi connectivity index (χ4v) is 5.56. The molecule has 0 aliphatic carbocycles. The summed E-state index contributed by atoms with van der Waals surface area (Å²) in [6, 6.07) is 10.8. The predicted molar refractivity (Wildman–Crippen MR) is 170 cm³/mol. The van der Waals surface area contributed by atoms with E-state index >= 15 is 0 Å². The molecular formula is C33H35BrF2N4O3. The number of aromatic nitrogens is 2. The van der Waals surface area contributed by atoms with Crippen molar-refractivity contribution in [1.29, 1.82) is 0 Å². The predicted octanol–water partition coefficient (Wildman–Crippen LogP) is 9.49. The van der Waals surface area contributed by atoms with E-state index in [1.807, 2.05) is 18.2 Å². The minimum atomic E-state index is -1.05. The van der Waals surface area contributed by atoms with E-state index in [2.05, 4.69) is 57.0 Å². The molecule has 10 heteroatoms. The lowest BCUT2D eigenvalue weighted by molar-refractivity contribution is 0.175. The van der Waals surface area contributed by atoms with Gasteiger partial charge in [0, 0.05) is 28.2 Å². The van der Waals surface area contributed by atoms with Gasteiger partial charge in [0.05, 0.1) is 28.1 Å². The van der Waals surface area contributed by atoms with Crippen LogP contribution in [0.2, 0.25) is 0 Å². The van der Waals surface area contributed by atoms with E-state index in [0.717, 1.165) is 58.9 Å². The number of hydrogen-bond donors (Lipinski definition) is 4. The number of ether oxygens (including phenoxy) is 2. The monoisotopic (exact) mass is 652 g/mol. The van der Waals surface area contributed by atoms with Crippen LogP contribution >= 0.6 is 15.9 Å². The highest BCUT2D eigenvalue weighted by molar-refractivity contribution is 9.10. The van der Waals surface area contributed by atoms with Crippen LogP contribution in [0.5, 0.6) is 17.4 Å². The quantitative estimate of drug-likeness (QED) is 0.108. The number of pyridine rings is 1. The first-order chi connectivity index (χ1) is 20.8. The van der Waals surface area contributed by atoms with Gasteiger partial charge in [-0.25, -0.2) is 13.8 Å². The smallest absolute Gasteiger partial charge is 0.221 e. The van der Waals surface area contributed by atoms with Gasteiger partial charge in [-0.15, -0.1) is 0 Å². The number of rotatable bonds is 13.